The van der Waals surface area contributed by atoms with Crippen molar-refractivity contribution >= 4 is 23.5 Å². The van der Waals surface area contributed by atoms with E-state index in [4.69, 9.17) is 4.74 Å². The van der Waals surface area contributed by atoms with Crippen LogP contribution < -0.4 is 10.1 Å². The number of aliphatic hydroxyl groups excluding tert-OH is 1. The number of aryl methyl sites for hydroxylation is 1. The molecule has 0 saturated carbocycles. The van der Waals surface area contributed by atoms with Crippen LogP contribution in [0, 0.1) is 0 Å². The zero-order valence-corrected chi connectivity index (χ0v) is 26.2. The van der Waals surface area contributed by atoms with Gasteiger partial charge in [-0.3, -0.25) is 0 Å². The van der Waals surface area contributed by atoms with Crippen molar-refractivity contribution in [2.75, 3.05) is 26.3 Å². The van der Waals surface area contributed by atoms with E-state index >= 15 is 0 Å². The highest BCUT2D eigenvalue weighted by atomic mass is 32.2. The Balaban J connectivity index is 2.03. The summed E-state index contributed by atoms with van der Waals surface area (Å²) in [6, 6.07) is 10.9. The van der Waals surface area contributed by atoms with Crippen LogP contribution in [0.3, 0.4) is 0 Å². The van der Waals surface area contributed by atoms with Crippen molar-refractivity contribution in [3.63, 3.8) is 0 Å². The molecule has 0 atom stereocenters. The molecule has 1 aliphatic heterocycles. The Morgan fingerprint density at radius 3 is 2.05 bits per heavy atom. The van der Waals surface area contributed by atoms with Crippen molar-refractivity contribution in [3.05, 3.63) is 47.0 Å². The SMILES string of the molecule is CCCCc1cc(SC2(Sc3cc(C(C)(C)C)c(OCCCO)c(C(C)(C)C)c3)CCNCC2)ccc1O. The molecule has 38 heavy (non-hydrogen) atoms. The van der Waals surface area contributed by atoms with Gasteiger partial charge in [0.05, 0.1) is 10.7 Å². The molecule has 0 aromatic heterocycles. The Morgan fingerprint density at radius 1 is 0.895 bits per heavy atom. The monoisotopic (exact) mass is 559 g/mol. The van der Waals surface area contributed by atoms with E-state index in [1.165, 1.54) is 20.9 Å². The zero-order valence-electron chi connectivity index (χ0n) is 24.6. The van der Waals surface area contributed by atoms with E-state index < -0.39 is 0 Å². The number of unbranched alkanes of at least 4 members (excludes halogenated alkanes) is 1. The number of hydrogen-bond acceptors (Lipinski definition) is 6. The fourth-order valence-electron chi connectivity index (χ4n) is 4.82. The maximum absolute atomic E-state index is 10.4. The summed E-state index contributed by atoms with van der Waals surface area (Å²) in [5.41, 5.74) is 3.35. The Kier molecular flexibility index (Phi) is 11.0. The normalized spacial score (nSPS) is 16.0. The maximum atomic E-state index is 10.4. The van der Waals surface area contributed by atoms with E-state index in [-0.39, 0.29) is 21.5 Å². The van der Waals surface area contributed by atoms with Gasteiger partial charge in [0.25, 0.3) is 0 Å². The average molecular weight is 560 g/mol. The Hall–Kier alpha value is -1.34. The van der Waals surface area contributed by atoms with Gasteiger partial charge in [-0.2, -0.15) is 0 Å². The van der Waals surface area contributed by atoms with Gasteiger partial charge in [0.15, 0.2) is 0 Å². The van der Waals surface area contributed by atoms with Gasteiger partial charge in [-0.25, -0.2) is 0 Å². The predicted molar refractivity (Wildman–Crippen MR) is 164 cm³/mol. The molecule has 0 unspecified atom stereocenters. The summed E-state index contributed by atoms with van der Waals surface area (Å²) in [6.07, 6.45) is 5.89. The molecule has 2 aromatic rings. The lowest BCUT2D eigenvalue weighted by Crippen LogP contribution is -2.37. The summed E-state index contributed by atoms with van der Waals surface area (Å²) < 4.78 is 6.38. The number of rotatable bonds is 11. The lowest BCUT2D eigenvalue weighted by Gasteiger charge is -2.38. The molecule has 1 saturated heterocycles. The van der Waals surface area contributed by atoms with Crippen molar-refractivity contribution in [1.29, 1.82) is 0 Å². The van der Waals surface area contributed by atoms with E-state index in [0.717, 1.165) is 56.5 Å². The molecule has 3 N–H and O–H groups in total. The Bertz CT molecular complexity index is 1010. The standard InChI is InChI=1S/C32H49NO3S2/c1-8-9-11-23-20-24(12-13-28(23)35)37-32(14-16-33-17-15-32)38-25-21-26(30(2,3)4)29(36-19-10-18-34)27(22-25)31(5,6)7/h12-13,20-22,33-35H,8-11,14-19H2,1-7H3. The van der Waals surface area contributed by atoms with Gasteiger partial charge >= 0.3 is 0 Å². The van der Waals surface area contributed by atoms with Gasteiger partial charge < -0.3 is 20.3 Å². The van der Waals surface area contributed by atoms with Crippen LogP contribution in [0.2, 0.25) is 0 Å². The fraction of sp³-hybridized carbons (Fsp3) is 0.625. The number of ether oxygens (including phenoxy) is 1. The van der Waals surface area contributed by atoms with Crippen LogP contribution in [0.15, 0.2) is 40.1 Å². The first kappa shape index (κ1) is 31.2. The second-order valence-electron chi connectivity index (χ2n) is 12.5. The van der Waals surface area contributed by atoms with E-state index in [2.05, 4.69) is 78.0 Å². The van der Waals surface area contributed by atoms with Gasteiger partial charge in [0.2, 0.25) is 0 Å². The van der Waals surface area contributed by atoms with Gasteiger partial charge in [0.1, 0.15) is 11.5 Å². The second kappa shape index (κ2) is 13.3. The summed E-state index contributed by atoms with van der Waals surface area (Å²) in [7, 11) is 0. The number of phenols is 1. The maximum Gasteiger partial charge on any atom is 0.126 e. The molecule has 212 valence electrons. The van der Waals surface area contributed by atoms with E-state index in [9.17, 15) is 10.2 Å². The zero-order chi connectivity index (χ0) is 28.0. The number of phenolic OH excluding ortho intramolecular Hbond substituents is 1. The van der Waals surface area contributed by atoms with Crippen molar-refractivity contribution in [2.24, 2.45) is 0 Å². The molecule has 3 rings (SSSR count). The van der Waals surface area contributed by atoms with Crippen molar-refractivity contribution in [1.82, 2.24) is 5.32 Å². The second-order valence-corrected chi connectivity index (χ2v) is 15.7. The molecule has 2 aromatic carbocycles. The van der Waals surface area contributed by atoms with E-state index in [1.807, 2.05) is 29.6 Å². The molecule has 0 aliphatic carbocycles. The lowest BCUT2D eigenvalue weighted by atomic mass is 9.79. The third-order valence-corrected chi connectivity index (χ3v) is 10.1. The minimum atomic E-state index is -0.0787. The van der Waals surface area contributed by atoms with Crippen LogP contribution in [-0.2, 0) is 17.3 Å². The summed E-state index contributed by atoms with van der Waals surface area (Å²) in [5, 5.41) is 23.3. The highest BCUT2D eigenvalue weighted by Gasteiger charge is 2.36. The molecule has 0 bridgehead atoms. The molecule has 0 radical (unpaired) electrons. The van der Waals surface area contributed by atoms with Crippen molar-refractivity contribution < 1.29 is 14.9 Å². The van der Waals surface area contributed by atoms with Gasteiger partial charge in [-0.15, -0.1) is 23.5 Å². The molecule has 1 heterocycles. The van der Waals surface area contributed by atoms with Crippen molar-refractivity contribution in [3.8, 4) is 11.5 Å². The van der Waals surface area contributed by atoms with Gasteiger partial charge in [0, 0.05) is 33.9 Å². The van der Waals surface area contributed by atoms with Crippen LogP contribution in [0.25, 0.3) is 0 Å². The fourth-order valence-corrected chi connectivity index (χ4v) is 7.94. The summed E-state index contributed by atoms with van der Waals surface area (Å²) in [4.78, 5) is 2.52. The predicted octanol–water partition coefficient (Wildman–Crippen LogP) is 8.06. The molecule has 1 aliphatic rings. The van der Waals surface area contributed by atoms with E-state index in [1.54, 1.807) is 0 Å². The smallest absolute Gasteiger partial charge is 0.126 e. The third-order valence-electron chi connectivity index (χ3n) is 7.05. The first-order valence-electron chi connectivity index (χ1n) is 14.2. The summed E-state index contributed by atoms with van der Waals surface area (Å²) in [6.45, 7) is 18.4. The number of aliphatic hydroxyl groups is 1. The number of aromatic hydroxyl groups is 1. The molecule has 6 heteroatoms. The molecular formula is C32H49NO3S2. The number of nitrogens with one attached hydrogen (secondary N) is 1. The van der Waals surface area contributed by atoms with Crippen LogP contribution in [0.1, 0.15) is 97.3 Å². The summed E-state index contributed by atoms with van der Waals surface area (Å²) >= 11 is 3.96. The molecule has 0 amide bonds. The minimum Gasteiger partial charge on any atom is -0.508 e. The third kappa shape index (κ3) is 8.33. The number of piperidine rings is 1. The highest BCUT2D eigenvalue weighted by molar-refractivity contribution is 8.18. The quantitative estimate of drug-likeness (QED) is 0.191. The molecular weight excluding hydrogens is 510 g/mol. The lowest BCUT2D eigenvalue weighted by molar-refractivity contribution is 0.228. The van der Waals surface area contributed by atoms with Crippen LogP contribution >= 0.6 is 23.5 Å². The number of thioether (sulfide) groups is 2. The number of hydrogen-bond donors (Lipinski definition) is 3. The minimum absolute atomic E-state index is 0.00776. The average Bonchev–Trinajstić information content (AvgIpc) is 2.84. The van der Waals surface area contributed by atoms with Crippen LogP contribution in [0.4, 0.5) is 0 Å². The van der Waals surface area contributed by atoms with Crippen LogP contribution in [-0.4, -0.2) is 40.6 Å². The largest absolute Gasteiger partial charge is 0.508 e. The summed E-state index contributed by atoms with van der Waals surface area (Å²) in [5.74, 6) is 1.39. The molecule has 1 fully saturated rings. The first-order valence-corrected chi connectivity index (χ1v) is 15.8. The van der Waals surface area contributed by atoms with E-state index in [0.29, 0.717) is 18.8 Å². The van der Waals surface area contributed by atoms with Gasteiger partial charge in [-0.1, -0.05) is 54.9 Å². The highest BCUT2D eigenvalue weighted by Crippen LogP contribution is 2.53. The Labute approximate surface area is 239 Å². The van der Waals surface area contributed by atoms with Crippen molar-refractivity contribution in [2.45, 2.75) is 112 Å². The van der Waals surface area contributed by atoms with Gasteiger partial charge in [-0.05, 0) is 85.5 Å². The molecule has 0 spiro atoms. The first-order chi connectivity index (χ1) is 17.9. The number of benzene rings is 2. The Morgan fingerprint density at radius 2 is 1.50 bits per heavy atom. The van der Waals surface area contributed by atoms with Crippen LogP contribution in [0.5, 0.6) is 11.5 Å². The topological polar surface area (TPSA) is 61.7 Å². The molecule has 4 nitrogen and oxygen atoms in total.